The maximum absolute atomic E-state index is 14.5. The van der Waals surface area contributed by atoms with Crippen molar-refractivity contribution in [1.82, 2.24) is 15.3 Å². The lowest BCUT2D eigenvalue weighted by molar-refractivity contribution is 0.191. The summed E-state index contributed by atoms with van der Waals surface area (Å²) in [5.41, 5.74) is 1.66. The van der Waals surface area contributed by atoms with Gasteiger partial charge in [-0.3, -0.25) is 0 Å². The predicted molar refractivity (Wildman–Crippen MR) is 112 cm³/mol. The van der Waals surface area contributed by atoms with Crippen LogP contribution in [0.2, 0.25) is 0 Å². The highest BCUT2D eigenvalue weighted by atomic mass is 19.1. The van der Waals surface area contributed by atoms with E-state index in [0.717, 1.165) is 30.3 Å². The first-order valence-electron chi connectivity index (χ1n) is 9.90. The van der Waals surface area contributed by atoms with E-state index >= 15 is 0 Å². The Kier molecular flexibility index (Phi) is 5.39. The first-order chi connectivity index (χ1) is 14.4. The number of rotatable bonds is 4. The number of carboxylic acid groups (broad SMARTS) is 1. The molecule has 1 atom stereocenters. The van der Waals surface area contributed by atoms with E-state index in [0.29, 0.717) is 24.4 Å². The second-order valence-electron chi connectivity index (χ2n) is 7.67. The van der Waals surface area contributed by atoms with Crippen LogP contribution in [0.4, 0.5) is 15.0 Å². The van der Waals surface area contributed by atoms with Gasteiger partial charge in [0.2, 0.25) is 0 Å². The van der Waals surface area contributed by atoms with Crippen LogP contribution in [-0.4, -0.2) is 45.9 Å². The summed E-state index contributed by atoms with van der Waals surface area (Å²) in [6.07, 6.45) is 0.774. The van der Waals surface area contributed by atoms with Gasteiger partial charge in [0.25, 0.3) is 0 Å². The normalized spacial score (nSPS) is 16.6. The zero-order valence-corrected chi connectivity index (χ0v) is 16.6. The number of nitrogens with zero attached hydrogens (tertiary/aromatic N) is 3. The topological polar surface area (TPSA) is 98.6 Å². The molecule has 8 heteroatoms. The molecule has 3 N–H and O–H groups in total. The molecule has 1 aliphatic rings. The van der Waals surface area contributed by atoms with Gasteiger partial charge in [0.1, 0.15) is 17.4 Å². The Labute approximate surface area is 173 Å². The van der Waals surface area contributed by atoms with Crippen molar-refractivity contribution in [3.63, 3.8) is 0 Å². The molecule has 0 radical (unpaired) electrons. The number of fused-ring (bicyclic) bond motifs is 1. The number of phenolic OH excluding ortho intramolecular Hbond substituents is 1. The van der Waals surface area contributed by atoms with Gasteiger partial charge in [-0.05, 0) is 55.5 Å². The van der Waals surface area contributed by atoms with Crippen molar-refractivity contribution in [2.45, 2.75) is 19.8 Å². The second kappa shape index (κ2) is 8.14. The number of carbonyl (C=O) groups is 1. The number of aromatic nitrogens is 2. The number of amides is 1. The zero-order valence-electron chi connectivity index (χ0n) is 16.6. The molecule has 1 aliphatic heterocycles. The van der Waals surface area contributed by atoms with Crippen LogP contribution < -0.4 is 10.2 Å². The van der Waals surface area contributed by atoms with E-state index in [1.807, 2.05) is 25.1 Å². The molecule has 2 aromatic carbocycles. The number of halogens is 1. The largest absolute Gasteiger partial charge is 0.507 e. The molecule has 156 valence electrons. The summed E-state index contributed by atoms with van der Waals surface area (Å²) in [6, 6.07) is 9.95. The van der Waals surface area contributed by atoms with Crippen LogP contribution in [0.15, 0.2) is 36.4 Å². The fraction of sp³-hybridized carbons (Fsp3) is 0.318. The Morgan fingerprint density at radius 3 is 2.90 bits per heavy atom. The quantitative estimate of drug-likeness (QED) is 0.603. The number of benzene rings is 2. The molecule has 7 nitrogen and oxygen atoms in total. The maximum Gasteiger partial charge on any atom is 0.404 e. The molecule has 30 heavy (non-hydrogen) atoms. The molecular weight excluding hydrogens is 387 g/mol. The van der Waals surface area contributed by atoms with Crippen LogP contribution in [0, 0.1) is 18.7 Å². The van der Waals surface area contributed by atoms with Gasteiger partial charge in [-0.25, -0.2) is 19.2 Å². The highest BCUT2D eigenvalue weighted by molar-refractivity contribution is 5.92. The highest BCUT2D eigenvalue weighted by Crippen LogP contribution is 2.34. The minimum Gasteiger partial charge on any atom is -0.507 e. The van der Waals surface area contributed by atoms with Gasteiger partial charge in [-0.2, -0.15) is 0 Å². The van der Waals surface area contributed by atoms with Gasteiger partial charge in [0.05, 0.1) is 11.1 Å². The Morgan fingerprint density at radius 2 is 2.13 bits per heavy atom. The van der Waals surface area contributed by atoms with Crippen molar-refractivity contribution in [3.8, 4) is 17.1 Å². The monoisotopic (exact) mass is 410 g/mol. The molecule has 1 saturated heterocycles. The SMILES string of the molecule is Cc1ccc2c(N3CCC[C@@H](CNC(=O)O)C3)nc(-c3c(O)cccc3F)nc2c1. The van der Waals surface area contributed by atoms with Gasteiger partial charge >= 0.3 is 6.09 Å². The van der Waals surface area contributed by atoms with E-state index in [2.05, 4.69) is 20.2 Å². The Bertz CT molecular complexity index is 1080. The summed E-state index contributed by atoms with van der Waals surface area (Å²) in [6.45, 7) is 3.71. The highest BCUT2D eigenvalue weighted by Gasteiger charge is 2.25. The van der Waals surface area contributed by atoms with Gasteiger partial charge in [0.15, 0.2) is 5.82 Å². The van der Waals surface area contributed by atoms with E-state index in [1.165, 1.54) is 18.2 Å². The molecule has 0 unspecified atom stereocenters. The Hall–Kier alpha value is -3.42. The fourth-order valence-corrected chi connectivity index (χ4v) is 3.97. The van der Waals surface area contributed by atoms with E-state index in [1.54, 1.807) is 0 Å². The number of nitrogens with one attached hydrogen (secondary N) is 1. The Morgan fingerprint density at radius 1 is 1.30 bits per heavy atom. The molecule has 0 aliphatic carbocycles. The summed E-state index contributed by atoms with van der Waals surface area (Å²) in [5.74, 6) is 0.142. The molecule has 0 spiro atoms. The number of aromatic hydroxyl groups is 1. The number of phenols is 1. The molecule has 1 aromatic heterocycles. The standard InChI is InChI=1S/C22H23FN4O3/c1-13-7-8-15-17(10-13)25-20(19-16(23)5-2-6-18(19)28)26-21(15)27-9-3-4-14(12-27)11-24-22(29)30/h2,5-8,10,14,24,28H,3-4,9,11-12H2,1H3,(H,29,30)/t14-/m0/s1. The van der Waals surface area contributed by atoms with Gasteiger partial charge < -0.3 is 20.4 Å². The van der Waals surface area contributed by atoms with Gasteiger partial charge in [-0.15, -0.1) is 0 Å². The predicted octanol–water partition coefficient (Wildman–Crippen LogP) is 3.93. The molecule has 2 heterocycles. The third-order valence-corrected chi connectivity index (χ3v) is 5.41. The van der Waals surface area contributed by atoms with Crippen LogP contribution in [-0.2, 0) is 0 Å². The van der Waals surface area contributed by atoms with E-state index in [-0.39, 0.29) is 23.1 Å². The summed E-state index contributed by atoms with van der Waals surface area (Å²) in [5, 5.41) is 22.4. The molecule has 4 rings (SSSR count). The van der Waals surface area contributed by atoms with E-state index < -0.39 is 11.9 Å². The number of aryl methyl sites for hydroxylation is 1. The van der Waals surface area contributed by atoms with E-state index in [4.69, 9.17) is 5.11 Å². The van der Waals surface area contributed by atoms with Crippen molar-refractivity contribution in [1.29, 1.82) is 0 Å². The number of hydrogen-bond donors (Lipinski definition) is 3. The zero-order chi connectivity index (χ0) is 21.3. The summed E-state index contributed by atoms with van der Waals surface area (Å²) < 4.78 is 14.5. The summed E-state index contributed by atoms with van der Waals surface area (Å²) in [7, 11) is 0. The first kappa shape index (κ1) is 19.9. The van der Waals surface area contributed by atoms with Crippen molar-refractivity contribution in [2.24, 2.45) is 5.92 Å². The van der Waals surface area contributed by atoms with Crippen LogP contribution in [0.3, 0.4) is 0 Å². The van der Waals surface area contributed by atoms with Gasteiger partial charge in [0, 0.05) is 25.0 Å². The van der Waals surface area contributed by atoms with Crippen LogP contribution >= 0.6 is 0 Å². The molecule has 1 amide bonds. The minimum atomic E-state index is -1.03. The maximum atomic E-state index is 14.5. The smallest absolute Gasteiger partial charge is 0.404 e. The molecule has 3 aromatic rings. The summed E-state index contributed by atoms with van der Waals surface area (Å²) in [4.78, 5) is 22.1. The average molecular weight is 410 g/mol. The number of piperidine rings is 1. The minimum absolute atomic E-state index is 0.0248. The molecule has 0 saturated carbocycles. The van der Waals surface area contributed by atoms with E-state index in [9.17, 15) is 14.3 Å². The molecule has 1 fully saturated rings. The van der Waals surface area contributed by atoms with Crippen LogP contribution in [0.25, 0.3) is 22.3 Å². The molecule has 0 bridgehead atoms. The first-order valence-corrected chi connectivity index (χ1v) is 9.90. The second-order valence-corrected chi connectivity index (χ2v) is 7.67. The van der Waals surface area contributed by atoms with Crippen molar-refractivity contribution in [3.05, 3.63) is 47.8 Å². The van der Waals surface area contributed by atoms with Gasteiger partial charge in [-0.1, -0.05) is 12.1 Å². The lowest BCUT2D eigenvalue weighted by Crippen LogP contribution is -2.41. The van der Waals surface area contributed by atoms with Crippen LogP contribution in [0.5, 0.6) is 5.75 Å². The third kappa shape index (κ3) is 3.98. The third-order valence-electron chi connectivity index (χ3n) is 5.41. The number of anilines is 1. The summed E-state index contributed by atoms with van der Waals surface area (Å²) >= 11 is 0. The molecular formula is C22H23FN4O3. The fourth-order valence-electron chi connectivity index (χ4n) is 3.97. The lowest BCUT2D eigenvalue weighted by atomic mass is 9.97. The van der Waals surface area contributed by atoms with Crippen molar-refractivity contribution in [2.75, 3.05) is 24.5 Å². The Balaban J connectivity index is 1.79. The van der Waals surface area contributed by atoms with Crippen molar-refractivity contribution >= 4 is 22.8 Å². The van der Waals surface area contributed by atoms with Crippen molar-refractivity contribution < 1.29 is 19.4 Å². The van der Waals surface area contributed by atoms with Crippen LogP contribution in [0.1, 0.15) is 18.4 Å². The number of hydrogen-bond acceptors (Lipinski definition) is 5. The average Bonchev–Trinajstić information content (AvgIpc) is 2.71. The lowest BCUT2D eigenvalue weighted by Gasteiger charge is -2.34.